The fourth-order valence-electron chi connectivity index (χ4n) is 3.44. The van der Waals surface area contributed by atoms with E-state index in [0.29, 0.717) is 24.1 Å². The lowest BCUT2D eigenvalue weighted by atomic mass is 9.76. The molecule has 110 valence electrons. The van der Waals surface area contributed by atoms with E-state index in [9.17, 15) is 9.50 Å². The lowest BCUT2D eigenvalue weighted by Crippen LogP contribution is -2.42. The van der Waals surface area contributed by atoms with E-state index >= 15 is 0 Å². The molecular weight excluding hydrogens is 281 g/mol. The summed E-state index contributed by atoms with van der Waals surface area (Å²) in [5.74, 6) is 0.162. The SMILES string of the molecule is OC[C@]12COCC[C@H]1CN(Cc1ccc(F)cc1Cl)C2. The van der Waals surface area contributed by atoms with Crippen LogP contribution in [-0.4, -0.2) is 42.9 Å². The largest absolute Gasteiger partial charge is 0.396 e. The number of aliphatic hydroxyl groups is 1. The quantitative estimate of drug-likeness (QED) is 0.930. The van der Waals surface area contributed by atoms with E-state index in [0.717, 1.165) is 31.7 Å². The lowest BCUT2D eigenvalue weighted by molar-refractivity contribution is -0.0561. The van der Waals surface area contributed by atoms with E-state index in [1.165, 1.54) is 12.1 Å². The number of nitrogens with zero attached hydrogens (tertiary/aromatic N) is 1. The minimum atomic E-state index is -0.311. The van der Waals surface area contributed by atoms with Crippen LogP contribution in [0.3, 0.4) is 0 Å². The number of hydrogen-bond donors (Lipinski definition) is 1. The molecule has 0 unspecified atom stereocenters. The third kappa shape index (κ3) is 2.58. The zero-order valence-electron chi connectivity index (χ0n) is 11.3. The summed E-state index contributed by atoms with van der Waals surface area (Å²) in [6.07, 6.45) is 0.994. The summed E-state index contributed by atoms with van der Waals surface area (Å²) < 4.78 is 18.6. The third-order valence-corrected chi connectivity index (χ3v) is 4.96. The fraction of sp³-hybridized carbons (Fsp3) is 0.600. The Bertz CT molecular complexity index is 499. The molecule has 20 heavy (non-hydrogen) atoms. The van der Waals surface area contributed by atoms with E-state index in [-0.39, 0.29) is 17.8 Å². The van der Waals surface area contributed by atoms with Crippen LogP contribution in [0.25, 0.3) is 0 Å². The molecule has 2 fully saturated rings. The first-order valence-corrected chi connectivity index (χ1v) is 7.36. The van der Waals surface area contributed by atoms with Gasteiger partial charge in [-0.2, -0.15) is 0 Å². The van der Waals surface area contributed by atoms with Gasteiger partial charge in [-0.15, -0.1) is 0 Å². The van der Waals surface area contributed by atoms with E-state index in [2.05, 4.69) is 4.90 Å². The molecule has 2 atom stereocenters. The summed E-state index contributed by atoms with van der Waals surface area (Å²) in [5.41, 5.74) is 0.797. The highest BCUT2D eigenvalue weighted by Crippen LogP contribution is 2.41. The molecule has 3 rings (SSSR count). The number of ether oxygens (including phenoxy) is 1. The predicted molar refractivity (Wildman–Crippen MR) is 75.1 cm³/mol. The van der Waals surface area contributed by atoms with Crippen molar-refractivity contribution in [2.45, 2.75) is 13.0 Å². The molecule has 2 saturated heterocycles. The van der Waals surface area contributed by atoms with Crippen molar-refractivity contribution < 1.29 is 14.2 Å². The van der Waals surface area contributed by atoms with Crippen LogP contribution in [0.2, 0.25) is 5.02 Å². The van der Waals surface area contributed by atoms with E-state index < -0.39 is 0 Å². The Kier molecular flexibility index (Phi) is 4.00. The number of rotatable bonds is 3. The van der Waals surface area contributed by atoms with Gasteiger partial charge in [0.1, 0.15) is 5.82 Å². The minimum Gasteiger partial charge on any atom is -0.396 e. The number of benzene rings is 1. The van der Waals surface area contributed by atoms with Gasteiger partial charge in [0.15, 0.2) is 0 Å². The van der Waals surface area contributed by atoms with Crippen molar-refractivity contribution in [3.8, 4) is 0 Å². The maximum absolute atomic E-state index is 13.1. The summed E-state index contributed by atoms with van der Waals surface area (Å²) >= 11 is 6.09. The highest BCUT2D eigenvalue weighted by Gasteiger charge is 2.47. The Morgan fingerprint density at radius 3 is 3.05 bits per heavy atom. The molecule has 5 heteroatoms. The lowest BCUT2D eigenvalue weighted by Gasteiger charge is -2.36. The second-order valence-corrected chi connectivity index (χ2v) is 6.37. The first-order valence-electron chi connectivity index (χ1n) is 6.98. The van der Waals surface area contributed by atoms with Gasteiger partial charge in [0, 0.05) is 36.7 Å². The highest BCUT2D eigenvalue weighted by atomic mass is 35.5. The topological polar surface area (TPSA) is 32.7 Å². The van der Waals surface area contributed by atoms with Crippen LogP contribution in [-0.2, 0) is 11.3 Å². The molecule has 3 nitrogen and oxygen atoms in total. The number of likely N-dealkylation sites (tertiary alicyclic amines) is 1. The normalized spacial score (nSPS) is 30.4. The average Bonchev–Trinajstić information content (AvgIpc) is 2.80. The molecule has 0 aliphatic carbocycles. The van der Waals surface area contributed by atoms with Crippen molar-refractivity contribution in [2.75, 3.05) is 32.9 Å². The molecular formula is C15H19ClFNO2. The van der Waals surface area contributed by atoms with Crippen LogP contribution in [0.5, 0.6) is 0 Å². The van der Waals surface area contributed by atoms with Gasteiger partial charge in [-0.1, -0.05) is 17.7 Å². The Labute approximate surface area is 123 Å². The Morgan fingerprint density at radius 1 is 1.50 bits per heavy atom. The van der Waals surface area contributed by atoms with Crippen molar-refractivity contribution in [1.29, 1.82) is 0 Å². The summed E-state index contributed by atoms with van der Waals surface area (Å²) in [6, 6.07) is 4.53. The summed E-state index contributed by atoms with van der Waals surface area (Å²) in [6.45, 7) is 4.00. The van der Waals surface area contributed by atoms with Crippen LogP contribution in [0.1, 0.15) is 12.0 Å². The van der Waals surface area contributed by atoms with Crippen LogP contribution in [0, 0.1) is 17.2 Å². The molecule has 1 aromatic carbocycles. The van der Waals surface area contributed by atoms with Gasteiger partial charge in [0.05, 0.1) is 13.2 Å². The maximum atomic E-state index is 13.1. The summed E-state index contributed by atoms with van der Waals surface area (Å²) in [4.78, 5) is 2.29. The van der Waals surface area contributed by atoms with Gasteiger partial charge < -0.3 is 9.84 Å². The smallest absolute Gasteiger partial charge is 0.124 e. The number of fused-ring (bicyclic) bond motifs is 1. The standard InChI is InChI=1S/C15H19ClFNO2/c16-14-5-13(17)2-1-11(14)6-18-7-12-3-4-20-10-15(12,8-18)9-19/h1-2,5,12,19H,3-4,6-10H2/t12-,15+/m0/s1. The summed E-state index contributed by atoms with van der Waals surface area (Å²) in [7, 11) is 0. The van der Waals surface area contributed by atoms with Crippen LogP contribution in [0.15, 0.2) is 18.2 Å². The Hall–Kier alpha value is -0.680. The van der Waals surface area contributed by atoms with E-state index in [1.807, 2.05) is 0 Å². The number of aliphatic hydroxyl groups excluding tert-OH is 1. The van der Waals surface area contributed by atoms with Gasteiger partial charge in [0.2, 0.25) is 0 Å². The molecule has 1 aromatic rings. The predicted octanol–water partition coefficient (Wildman–Crippen LogP) is 2.31. The molecule has 0 spiro atoms. The van der Waals surface area contributed by atoms with Crippen molar-refractivity contribution in [1.82, 2.24) is 4.90 Å². The van der Waals surface area contributed by atoms with Crippen LogP contribution < -0.4 is 0 Å². The molecule has 2 aliphatic heterocycles. The average molecular weight is 300 g/mol. The van der Waals surface area contributed by atoms with Crippen molar-refractivity contribution in [3.05, 3.63) is 34.6 Å². The van der Waals surface area contributed by atoms with Gasteiger partial charge >= 0.3 is 0 Å². The van der Waals surface area contributed by atoms with Crippen LogP contribution in [0.4, 0.5) is 4.39 Å². The van der Waals surface area contributed by atoms with Gasteiger partial charge in [-0.25, -0.2) is 4.39 Å². The van der Waals surface area contributed by atoms with Crippen molar-refractivity contribution in [3.63, 3.8) is 0 Å². The monoisotopic (exact) mass is 299 g/mol. The zero-order chi connectivity index (χ0) is 14.2. The Morgan fingerprint density at radius 2 is 2.35 bits per heavy atom. The molecule has 2 heterocycles. The second-order valence-electron chi connectivity index (χ2n) is 5.96. The minimum absolute atomic E-state index is 0.134. The fourth-order valence-corrected chi connectivity index (χ4v) is 3.67. The van der Waals surface area contributed by atoms with E-state index in [4.69, 9.17) is 16.3 Å². The maximum Gasteiger partial charge on any atom is 0.124 e. The molecule has 0 bridgehead atoms. The van der Waals surface area contributed by atoms with Crippen molar-refractivity contribution >= 4 is 11.6 Å². The zero-order valence-corrected chi connectivity index (χ0v) is 12.1. The molecule has 2 aliphatic rings. The highest BCUT2D eigenvalue weighted by molar-refractivity contribution is 6.31. The summed E-state index contributed by atoms with van der Waals surface area (Å²) in [5, 5.41) is 10.2. The molecule has 0 radical (unpaired) electrons. The second kappa shape index (κ2) is 5.60. The first kappa shape index (κ1) is 14.3. The van der Waals surface area contributed by atoms with Gasteiger partial charge in [-0.3, -0.25) is 4.90 Å². The van der Waals surface area contributed by atoms with Gasteiger partial charge in [-0.05, 0) is 30.0 Å². The third-order valence-electron chi connectivity index (χ3n) is 4.61. The Balaban J connectivity index is 1.73. The molecule has 1 N–H and O–H groups in total. The van der Waals surface area contributed by atoms with E-state index in [1.54, 1.807) is 6.07 Å². The molecule has 0 aromatic heterocycles. The van der Waals surface area contributed by atoms with Gasteiger partial charge in [0.25, 0.3) is 0 Å². The number of halogens is 2. The molecule has 0 amide bonds. The first-order chi connectivity index (χ1) is 9.63. The molecule has 0 saturated carbocycles. The number of hydrogen-bond acceptors (Lipinski definition) is 3. The van der Waals surface area contributed by atoms with Crippen LogP contribution >= 0.6 is 11.6 Å². The van der Waals surface area contributed by atoms with Crippen molar-refractivity contribution in [2.24, 2.45) is 11.3 Å².